The molecule has 0 saturated carbocycles. The Hall–Kier alpha value is -4.92. The quantitative estimate of drug-likeness (QED) is 0.285. The van der Waals surface area contributed by atoms with E-state index in [1.165, 1.54) is 17.0 Å². The third kappa shape index (κ3) is 5.25. The highest BCUT2D eigenvalue weighted by atomic mass is 19.1. The number of hydrogen-bond donors (Lipinski definition) is 1. The van der Waals surface area contributed by atoms with Crippen molar-refractivity contribution in [3.05, 3.63) is 95.6 Å². The van der Waals surface area contributed by atoms with Gasteiger partial charge in [0.2, 0.25) is 0 Å². The number of rotatable bonds is 7. The van der Waals surface area contributed by atoms with Gasteiger partial charge < -0.3 is 24.6 Å². The number of hydrogen-bond acceptors (Lipinski definition) is 6. The fraction of sp³-hybridized carbons (Fsp3) is 0.242. The molecule has 3 aromatic carbocycles. The second-order valence-corrected chi connectivity index (χ2v) is 10.8. The number of pyridine rings is 1. The molecule has 1 N–H and O–H groups in total. The van der Waals surface area contributed by atoms with Crippen molar-refractivity contribution in [2.24, 2.45) is 0 Å². The Bertz CT molecular complexity index is 1670. The highest BCUT2D eigenvalue weighted by molar-refractivity contribution is 6.09. The molecule has 2 heterocycles. The summed E-state index contributed by atoms with van der Waals surface area (Å²) in [5.74, 6) is 0.172. The first-order valence-electron chi connectivity index (χ1n) is 13.5. The summed E-state index contributed by atoms with van der Waals surface area (Å²) in [4.78, 5) is 33.7. The summed E-state index contributed by atoms with van der Waals surface area (Å²) in [7, 11) is 4.98. The fourth-order valence-corrected chi connectivity index (χ4v) is 5.20. The molecule has 4 aromatic rings. The Morgan fingerprint density at radius 1 is 1.05 bits per heavy atom. The van der Waals surface area contributed by atoms with Crippen molar-refractivity contribution in [2.75, 3.05) is 36.3 Å². The number of fused-ring (bicyclic) bond motifs is 1. The van der Waals surface area contributed by atoms with Gasteiger partial charge in [0, 0.05) is 49.2 Å². The summed E-state index contributed by atoms with van der Waals surface area (Å²) >= 11 is 0. The smallest absolute Gasteiger partial charge is 0.276 e. The van der Waals surface area contributed by atoms with E-state index in [1.54, 1.807) is 62.6 Å². The number of methoxy groups -OCH3 is 1. The predicted octanol–water partition coefficient (Wildman–Crippen LogP) is 6.23. The maximum Gasteiger partial charge on any atom is 0.276 e. The minimum atomic E-state index is -0.801. The zero-order chi connectivity index (χ0) is 30.2. The van der Waals surface area contributed by atoms with Gasteiger partial charge in [0.15, 0.2) is 0 Å². The van der Waals surface area contributed by atoms with Crippen LogP contribution >= 0.6 is 0 Å². The van der Waals surface area contributed by atoms with Gasteiger partial charge in [-0.05, 0) is 68.3 Å². The molecule has 0 bridgehead atoms. The van der Waals surface area contributed by atoms with Crippen LogP contribution in [0, 0.1) is 12.7 Å². The number of nitrogens with zero attached hydrogens (tertiary/aromatic N) is 3. The number of likely N-dealkylation sites (N-methyl/N-ethyl adjacent to an activating group) is 1. The summed E-state index contributed by atoms with van der Waals surface area (Å²) in [6, 6.07) is 18.9. The van der Waals surface area contributed by atoms with E-state index in [0.717, 1.165) is 27.9 Å². The molecule has 0 atom stereocenters. The van der Waals surface area contributed by atoms with E-state index in [2.05, 4.69) is 10.3 Å². The van der Waals surface area contributed by atoms with Crippen LogP contribution in [0.15, 0.2) is 72.9 Å². The van der Waals surface area contributed by atoms with E-state index in [1.807, 2.05) is 45.0 Å². The molecule has 1 aromatic heterocycles. The van der Waals surface area contributed by atoms with Crippen molar-refractivity contribution >= 4 is 28.9 Å². The number of anilines is 3. The Balaban J connectivity index is 1.60. The minimum Gasteiger partial charge on any atom is -0.496 e. The number of benzene rings is 3. The number of nitrogens with one attached hydrogen (secondary N) is 1. The van der Waals surface area contributed by atoms with Crippen LogP contribution in [-0.4, -0.2) is 43.5 Å². The van der Waals surface area contributed by atoms with Gasteiger partial charge in [-0.3, -0.25) is 14.6 Å². The van der Waals surface area contributed by atoms with Crippen molar-refractivity contribution in [1.82, 2.24) is 4.98 Å². The normalized spacial score (nSPS) is 13.7. The monoisotopic (exact) mass is 568 g/mol. The first-order valence-corrected chi connectivity index (χ1v) is 13.5. The van der Waals surface area contributed by atoms with Gasteiger partial charge in [-0.2, -0.15) is 0 Å². The van der Waals surface area contributed by atoms with Crippen molar-refractivity contribution in [3.63, 3.8) is 0 Å². The van der Waals surface area contributed by atoms with E-state index in [0.29, 0.717) is 28.6 Å². The van der Waals surface area contributed by atoms with Gasteiger partial charge in [-0.25, -0.2) is 4.39 Å². The molecular formula is C33H33FN4O4. The van der Waals surface area contributed by atoms with Crippen LogP contribution in [0.5, 0.6) is 11.5 Å². The van der Waals surface area contributed by atoms with E-state index in [4.69, 9.17) is 9.47 Å². The molecule has 0 spiro atoms. The molecule has 42 heavy (non-hydrogen) atoms. The zero-order valence-corrected chi connectivity index (χ0v) is 24.5. The Kier molecular flexibility index (Phi) is 7.60. The second-order valence-electron chi connectivity index (χ2n) is 10.8. The van der Waals surface area contributed by atoms with Gasteiger partial charge in [0.25, 0.3) is 11.8 Å². The topological polar surface area (TPSA) is 84.0 Å². The predicted molar refractivity (Wildman–Crippen MR) is 162 cm³/mol. The summed E-state index contributed by atoms with van der Waals surface area (Å²) in [6.45, 7) is 5.57. The van der Waals surface area contributed by atoms with E-state index < -0.39 is 11.4 Å². The van der Waals surface area contributed by atoms with Gasteiger partial charge in [0.1, 0.15) is 35.2 Å². The summed E-state index contributed by atoms with van der Waals surface area (Å²) in [5, 5.41) is 3.35. The maximum absolute atomic E-state index is 14.1. The Morgan fingerprint density at radius 2 is 1.81 bits per heavy atom. The lowest BCUT2D eigenvalue weighted by Gasteiger charge is -2.39. The molecule has 0 aliphatic carbocycles. The lowest BCUT2D eigenvalue weighted by Crippen LogP contribution is -2.52. The average Bonchev–Trinajstić information content (AvgIpc) is 2.99. The molecule has 0 saturated heterocycles. The molecule has 0 fully saturated rings. The van der Waals surface area contributed by atoms with Crippen LogP contribution in [0.1, 0.15) is 35.5 Å². The van der Waals surface area contributed by atoms with Crippen LogP contribution in [-0.2, 0) is 11.4 Å². The molecule has 0 radical (unpaired) electrons. The number of aryl methyl sites for hydroxylation is 1. The number of ether oxygens (including phenoxy) is 2. The lowest BCUT2D eigenvalue weighted by atomic mass is 9.91. The summed E-state index contributed by atoms with van der Waals surface area (Å²) in [6.07, 6.45) is 1.58. The number of carbonyl (C=O) groups is 2. The van der Waals surface area contributed by atoms with Crippen LogP contribution < -0.4 is 24.6 Å². The minimum absolute atomic E-state index is 0.0610. The molecule has 8 nitrogen and oxygen atoms in total. The maximum atomic E-state index is 14.1. The standard InChI is InChI=1S/C33H33FN4O4/c1-20-10-11-21(34)17-28(20)42-19-25-23(14-15-26-30(25)38(5)32(40)33(2,3)36-26)24-13-12-22(18-29(24)41-6)37(4)31(39)27-9-7-8-16-35-27/h7-18,36H,19H2,1-6H3. The average molecular weight is 569 g/mol. The van der Waals surface area contributed by atoms with E-state index in [9.17, 15) is 14.0 Å². The molecule has 1 aliphatic heterocycles. The van der Waals surface area contributed by atoms with Gasteiger partial charge in [-0.1, -0.05) is 18.2 Å². The zero-order valence-electron chi connectivity index (χ0n) is 24.5. The number of carbonyl (C=O) groups excluding carboxylic acids is 2. The Labute approximate surface area is 244 Å². The fourth-order valence-electron chi connectivity index (χ4n) is 5.20. The molecule has 9 heteroatoms. The van der Waals surface area contributed by atoms with Crippen LogP contribution in [0.25, 0.3) is 11.1 Å². The van der Waals surface area contributed by atoms with Gasteiger partial charge >= 0.3 is 0 Å². The second kappa shape index (κ2) is 11.2. The molecular weight excluding hydrogens is 535 g/mol. The Morgan fingerprint density at radius 3 is 2.52 bits per heavy atom. The van der Waals surface area contributed by atoms with E-state index in [-0.39, 0.29) is 18.4 Å². The molecule has 5 rings (SSSR count). The van der Waals surface area contributed by atoms with E-state index >= 15 is 0 Å². The van der Waals surface area contributed by atoms with Crippen molar-refractivity contribution in [3.8, 4) is 22.6 Å². The van der Waals surface area contributed by atoms with Crippen LogP contribution in [0.3, 0.4) is 0 Å². The lowest BCUT2D eigenvalue weighted by molar-refractivity contribution is -0.121. The number of amides is 2. The third-order valence-corrected chi connectivity index (χ3v) is 7.48. The molecule has 0 unspecified atom stereocenters. The molecule has 216 valence electrons. The first kappa shape index (κ1) is 28.6. The molecule has 1 aliphatic rings. The summed E-state index contributed by atoms with van der Waals surface area (Å²) in [5.41, 5.74) is 4.60. The van der Waals surface area contributed by atoms with Crippen LogP contribution in [0.2, 0.25) is 0 Å². The largest absolute Gasteiger partial charge is 0.496 e. The highest BCUT2D eigenvalue weighted by Gasteiger charge is 2.38. The molecule has 2 amide bonds. The SMILES string of the molecule is COc1cc(N(C)C(=O)c2ccccn2)ccc1-c1ccc2c(c1COc1cc(F)ccc1C)N(C)C(=O)C(C)(C)N2. The van der Waals surface area contributed by atoms with Crippen LogP contribution in [0.4, 0.5) is 21.5 Å². The third-order valence-electron chi connectivity index (χ3n) is 7.48. The number of halogens is 1. The van der Waals surface area contributed by atoms with Crippen molar-refractivity contribution < 1.29 is 23.5 Å². The summed E-state index contributed by atoms with van der Waals surface area (Å²) < 4.78 is 26.1. The van der Waals surface area contributed by atoms with Gasteiger partial charge in [-0.15, -0.1) is 0 Å². The van der Waals surface area contributed by atoms with Crippen molar-refractivity contribution in [1.29, 1.82) is 0 Å². The highest BCUT2D eigenvalue weighted by Crippen LogP contribution is 2.45. The van der Waals surface area contributed by atoms with Gasteiger partial charge in [0.05, 0.1) is 18.5 Å². The van der Waals surface area contributed by atoms with Crippen molar-refractivity contribution in [2.45, 2.75) is 32.9 Å². The number of aromatic nitrogens is 1. The first-order chi connectivity index (χ1) is 20.0.